The Morgan fingerprint density at radius 2 is 2.25 bits per heavy atom. The first kappa shape index (κ1) is 17.4. The molecule has 1 aliphatic rings. The lowest BCUT2D eigenvalue weighted by molar-refractivity contribution is -0.0133. The van der Waals surface area contributed by atoms with Crippen LogP contribution in [0.15, 0.2) is 24.4 Å². The minimum absolute atomic E-state index is 0.251. The summed E-state index contributed by atoms with van der Waals surface area (Å²) < 4.78 is 7.84. The minimum Gasteiger partial charge on any atom is -0.371 e. The molecule has 3 heterocycles. The fourth-order valence-corrected chi connectivity index (χ4v) is 3.45. The molecule has 0 bridgehead atoms. The molecule has 0 aliphatic carbocycles. The predicted octanol–water partition coefficient (Wildman–Crippen LogP) is 3.21. The van der Waals surface area contributed by atoms with Crippen molar-refractivity contribution >= 4 is 11.6 Å². The molecule has 0 unspecified atom stereocenters. The summed E-state index contributed by atoms with van der Waals surface area (Å²) in [4.78, 5) is 6.75. The van der Waals surface area contributed by atoms with Crippen molar-refractivity contribution in [1.29, 1.82) is 0 Å². The number of hydrogen-bond acceptors (Lipinski definition) is 4. The minimum atomic E-state index is 0.251. The van der Waals surface area contributed by atoms with Gasteiger partial charge in [-0.2, -0.15) is 5.10 Å². The summed E-state index contributed by atoms with van der Waals surface area (Å²) in [6, 6.07) is 5.92. The number of aromatic nitrogens is 3. The average Bonchev–Trinajstić information content (AvgIpc) is 2.89. The molecule has 1 atom stereocenters. The summed E-state index contributed by atoms with van der Waals surface area (Å²) in [5.74, 6) is 0. The number of hydrogen-bond donors (Lipinski definition) is 0. The maximum atomic E-state index is 6.42. The molecule has 0 N–H and O–H groups in total. The highest BCUT2D eigenvalue weighted by Crippen LogP contribution is 2.24. The second kappa shape index (κ2) is 8.10. The van der Waals surface area contributed by atoms with E-state index in [0.717, 1.165) is 61.0 Å². The topological polar surface area (TPSA) is 43.2 Å². The molecule has 1 saturated heterocycles. The average molecular weight is 349 g/mol. The molecule has 6 heteroatoms. The third kappa shape index (κ3) is 4.15. The van der Waals surface area contributed by atoms with Gasteiger partial charge >= 0.3 is 0 Å². The maximum absolute atomic E-state index is 6.42. The van der Waals surface area contributed by atoms with Gasteiger partial charge in [-0.1, -0.05) is 24.6 Å². The fourth-order valence-electron chi connectivity index (χ4n) is 3.24. The van der Waals surface area contributed by atoms with Crippen molar-refractivity contribution in [3.05, 3.63) is 46.5 Å². The van der Waals surface area contributed by atoms with Gasteiger partial charge < -0.3 is 4.74 Å². The highest BCUT2D eigenvalue weighted by Gasteiger charge is 2.23. The predicted molar refractivity (Wildman–Crippen MR) is 94.9 cm³/mol. The summed E-state index contributed by atoms with van der Waals surface area (Å²) in [6.45, 7) is 5.56. The smallest absolute Gasteiger partial charge is 0.131 e. The van der Waals surface area contributed by atoms with E-state index in [1.54, 1.807) is 4.68 Å². The van der Waals surface area contributed by atoms with E-state index in [1.807, 2.05) is 31.4 Å². The van der Waals surface area contributed by atoms with Crippen molar-refractivity contribution in [3.8, 4) is 0 Å². The van der Waals surface area contributed by atoms with Crippen molar-refractivity contribution in [2.45, 2.75) is 45.4 Å². The van der Waals surface area contributed by atoms with Gasteiger partial charge in [-0.15, -0.1) is 0 Å². The van der Waals surface area contributed by atoms with Crippen LogP contribution >= 0.6 is 11.6 Å². The number of pyridine rings is 1. The summed E-state index contributed by atoms with van der Waals surface area (Å²) in [5, 5.41) is 5.26. The van der Waals surface area contributed by atoms with Crippen LogP contribution in [0.4, 0.5) is 0 Å². The van der Waals surface area contributed by atoms with Crippen molar-refractivity contribution < 1.29 is 4.74 Å². The monoisotopic (exact) mass is 348 g/mol. The lowest BCUT2D eigenvalue weighted by Gasteiger charge is -2.32. The maximum Gasteiger partial charge on any atom is 0.131 e. The standard InChI is InChI=1S/C18H25ClN4O/c1-3-17-16(18(19)22(2)21-17)12-23-10-6-8-15(11-23)24-13-14-7-4-5-9-20-14/h4-5,7,9,15H,3,6,8,10-13H2,1-2H3/t15-/m1/s1. The largest absolute Gasteiger partial charge is 0.371 e. The molecule has 3 rings (SSSR count). The zero-order chi connectivity index (χ0) is 16.9. The Morgan fingerprint density at radius 3 is 3.00 bits per heavy atom. The fraction of sp³-hybridized carbons (Fsp3) is 0.556. The highest BCUT2D eigenvalue weighted by molar-refractivity contribution is 6.30. The van der Waals surface area contributed by atoms with Crippen molar-refractivity contribution in [2.24, 2.45) is 7.05 Å². The molecule has 0 amide bonds. The van der Waals surface area contributed by atoms with Crippen molar-refractivity contribution in [1.82, 2.24) is 19.7 Å². The number of nitrogens with zero attached hydrogens (tertiary/aromatic N) is 4. The number of ether oxygens (including phenoxy) is 1. The van der Waals surface area contributed by atoms with E-state index >= 15 is 0 Å². The normalized spacial score (nSPS) is 18.9. The Morgan fingerprint density at radius 1 is 1.38 bits per heavy atom. The molecule has 2 aromatic heterocycles. The van der Waals surface area contributed by atoms with Gasteiger partial charge in [0.1, 0.15) is 5.15 Å². The van der Waals surface area contributed by atoms with Crippen LogP contribution in [-0.2, 0) is 31.4 Å². The molecule has 5 nitrogen and oxygen atoms in total. The van der Waals surface area contributed by atoms with Crippen LogP contribution in [0.1, 0.15) is 36.7 Å². The molecule has 0 spiro atoms. The molecule has 0 radical (unpaired) electrons. The van der Waals surface area contributed by atoms with E-state index in [1.165, 1.54) is 0 Å². The van der Waals surface area contributed by atoms with Gasteiger partial charge in [0.05, 0.1) is 24.1 Å². The summed E-state index contributed by atoms with van der Waals surface area (Å²) in [6.07, 6.45) is 5.21. The van der Waals surface area contributed by atoms with Crippen LogP contribution in [0.25, 0.3) is 0 Å². The first-order chi connectivity index (χ1) is 11.7. The SMILES string of the molecule is CCc1nn(C)c(Cl)c1CN1CCC[C@@H](OCc2ccccn2)C1. The van der Waals surface area contributed by atoms with E-state index in [0.29, 0.717) is 6.61 Å². The second-order valence-corrected chi connectivity index (χ2v) is 6.68. The molecule has 0 saturated carbocycles. The van der Waals surface area contributed by atoms with E-state index in [-0.39, 0.29) is 6.10 Å². The Balaban J connectivity index is 1.58. The molecule has 2 aromatic rings. The molecule has 0 aromatic carbocycles. The van der Waals surface area contributed by atoms with Gasteiger partial charge in [-0.25, -0.2) is 0 Å². The van der Waals surface area contributed by atoms with Gasteiger partial charge in [-0.05, 0) is 37.9 Å². The van der Waals surface area contributed by atoms with Gasteiger partial charge in [0, 0.05) is 31.9 Å². The first-order valence-electron chi connectivity index (χ1n) is 8.61. The lowest BCUT2D eigenvalue weighted by atomic mass is 10.1. The van der Waals surface area contributed by atoms with Gasteiger partial charge in [0.2, 0.25) is 0 Å². The molecular weight excluding hydrogens is 324 g/mol. The third-order valence-electron chi connectivity index (χ3n) is 4.52. The first-order valence-corrected chi connectivity index (χ1v) is 8.99. The van der Waals surface area contributed by atoms with Crippen LogP contribution in [0.5, 0.6) is 0 Å². The van der Waals surface area contributed by atoms with Gasteiger partial charge in [0.25, 0.3) is 0 Å². The van der Waals surface area contributed by atoms with Crippen molar-refractivity contribution in [3.63, 3.8) is 0 Å². The summed E-state index contributed by atoms with van der Waals surface area (Å²) in [5.41, 5.74) is 3.24. The third-order valence-corrected chi connectivity index (χ3v) is 5.00. The Bertz CT molecular complexity index is 659. The zero-order valence-electron chi connectivity index (χ0n) is 14.4. The molecule has 24 heavy (non-hydrogen) atoms. The van der Waals surface area contributed by atoms with Crippen LogP contribution in [0, 0.1) is 0 Å². The molecule has 130 valence electrons. The quantitative estimate of drug-likeness (QED) is 0.804. The van der Waals surface area contributed by atoms with Crippen LogP contribution in [0.2, 0.25) is 5.15 Å². The number of piperidine rings is 1. The Hall–Kier alpha value is -1.43. The number of likely N-dealkylation sites (tertiary alicyclic amines) is 1. The van der Waals surface area contributed by atoms with Crippen LogP contribution < -0.4 is 0 Å². The molecule has 1 fully saturated rings. The van der Waals surface area contributed by atoms with Crippen molar-refractivity contribution in [2.75, 3.05) is 13.1 Å². The van der Waals surface area contributed by atoms with E-state index in [4.69, 9.17) is 16.3 Å². The zero-order valence-corrected chi connectivity index (χ0v) is 15.2. The highest BCUT2D eigenvalue weighted by atomic mass is 35.5. The lowest BCUT2D eigenvalue weighted by Crippen LogP contribution is -2.39. The van der Waals surface area contributed by atoms with Crippen LogP contribution in [0.3, 0.4) is 0 Å². The number of rotatable bonds is 6. The van der Waals surface area contributed by atoms with E-state index in [2.05, 4.69) is 21.9 Å². The molecule has 1 aliphatic heterocycles. The van der Waals surface area contributed by atoms with Crippen LogP contribution in [-0.4, -0.2) is 38.9 Å². The Kier molecular flexibility index (Phi) is 5.87. The van der Waals surface area contributed by atoms with Gasteiger partial charge in [0.15, 0.2) is 0 Å². The summed E-state index contributed by atoms with van der Waals surface area (Å²) in [7, 11) is 1.90. The second-order valence-electron chi connectivity index (χ2n) is 6.32. The van der Waals surface area contributed by atoms with Gasteiger partial charge in [-0.3, -0.25) is 14.6 Å². The van der Waals surface area contributed by atoms with E-state index in [9.17, 15) is 0 Å². The summed E-state index contributed by atoms with van der Waals surface area (Å²) >= 11 is 6.42. The molecular formula is C18H25ClN4O. The number of halogens is 1. The van der Waals surface area contributed by atoms with E-state index < -0.39 is 0 Å². The Labute approximate surface area is 148 Å². The number of aryl methyl sites for hydroxylation is 2.